The SMILES string of the molecule is O=S(=O)(c1ccc(Cl)cc1)[C@@H]1CNC[C@H]1CO. The normalized spacial score (nSPS) is 25.1. The number of aliphatic hydroxyl groups is 1. The van der Waals surface area contributed by atoms with Crippen molar-refractivity contribution in [3.8, 4) is 0 Å². The fourth-order valence-corrected chi connectivity index (χ4v) is 4.07. The van der Waals surface area contributed by atoms with Gasteiger partial charge in [0, 0.05) is 30.6 Å². The molecule has 0 bridgehead atoms. The van der Waals surface area contributed by atoms with E-state index in [1.165, 1.54) is 12.1 Å². The summed E-state index contributed by atoms with van der Waals surface area (Å²) < 4.78 is 24.6. The molecule has 0 aliphatic carbocycles. The van der Waals surface area contributed by atoms with Crippen LogP contribution in [0.25, 0.3) is 0 Å². The lowest BCUT2D eigenvalue weighted by molar-refractivity contribution is 0.238. The van der Waals surface area contributed by atoms with Gasteiger partial charge in [0.2, 0.25) is 0 Å². The first-order valence-electron chi connectivity index (χ1n) is 5.36. The van der Waals surface area contributed by atoms with Crippen molar-refractivity contribution in [3.05, 3.63) is 29.3 Å². The number of hydrogen-bond acceptors (Lipinski definition) is 4. The van der Waals surface area contributed by atoms with E-state index in [1.54, 1.807) is 12.1 Å². The molecule has 1 aliphatic heterocycles. The van der Waals surface area contributed by atoms with Crippen molar-refractivity contribution >= 4 is 21.4 Å². The first-order valence-corrected chi connectivity index (χ1v) is 7.29. The molecule has 0 aromatic heterocycles. The van der Waals surface area contributed by atoms with Crippen LogP contribution < -0.4 is 5.32 Å². The van der Waals surface area contributed by atoms with Crippen LogP contribution in [0.2, 0.25) is 5.02 Å². The van der Waals surface area contributed by atoms with Crippen LogP contribution in [0, 0.1) is 5.92 Å². The minimum absolute atomic E-state index is 0.121. The topological polar surface area (TPSA) is 66.4 Å². The molecule has 2 N–H and O–H groups in total. The lowest BCUT2D eigenvalue weighted by atomic mass is 10.1. The van der Waals surface area contributed by atoms with Crippen molar-refractivity contribution in [1.82, 2.24) is 5.32 Å². The molecular weight excluding hydrogens is 262 g/mol. The molecule has 1 aliphatic rings. The highest BCUT2D eigenvalue weighted by Crippen LogP contribution is 2.25. The van der Waals surface area contributed by atoms with E-state index in [4.69, 9.17) is 16.7 Å². The highest BCUT2D eigenvalue weighted by molar-refractivity contribution is 7.92. The molecule has 0 radical (unpaired) electrons. The summed E-state index contributed by atoms with van der Waals surface area (Å²) in [4.78, 5) is 0.258. The number of hydrogen-bond donors (Lipinski definition) is 2. The average Bonchev–Trinajstić information content (AvgIpc) is 2.78. The Morgan fingerprint density at radius 1 is 1.29 bits per heavy atom. The molecule has 0 spiro atoms. The Labute approximate surface area is 106 Å². The van der Waals surface area contributed by atoms with Crippen LogP contribution in [-0.4, -0.2) is 38.5 Å². The van der Waals surface area contributed by atoms with Crippen LogP contribution in [0.3, 0.4) is 0 Å². The second-order valence-electron chi connectivity index (χ2n) is 4.14. The first kappa shape index (κ1) is 12.8. The summed E-state index contributed by atoms with van der Waals surface area (Å²) in [5, 5.41) is 12.1. The van der Waals surface area contributed by atoms with Crippen molar-refractivity contribution < 1.29 is 13.5 Å². The van der Waals surface area contributed by atoms with Gasteiger partial charge in [0.15, 0.2) is 9.84 Å². The smallest absolute Gasteiger partial charge is 0.182 e. The van der Waals surface area contributed by atoms with Gasteiger partial charge in [-0.2, -0.15) is 0 Å². The quantitative estimate of drug-likeness (QED) is 0.852. The van der Waals surface area contributed by atoms with Crippen molar-refractivity contribution in [2.24, 2.45) is 5.92 Å². The minimum atomic E-state index is -3.40. The first-order chi connectivity index (χ1) is 8.05. The standard InChI is InChI=1S/C11H14ClNO3S/c12-9-1-3-10(4-2-9)17(15,16)11-6-13-5-8(11)7-14/h1-4,8,11,13-14H,5-7H2/t8-,11+/m0/s1. The molecule has 2 atom stereocenters. The Hall–Kier alpha value is -0.620. The maximum absolute atomic E-state index is 12.3. The number of aliphatic hydroxyl groups excluding tert-OH is 1. The van der Waals surface area contributed by atoms with Gasteiger partial charge in [-0.05, 0) is 24.3 Å². The predicted octanol–water partition coefficient (Wildman–Crippen LogP) is 0.694. The number of halogens is 1. The number of benzene rings is 1. The molecule has 1 fully saturated rings. The summed E-state index contributed by atoms with van der Waals surface area (Å²) in [6.07, 6.45) is 0. The molecule has 1 aromatic rings. The Bertz CT molecular complexity index is 486. The van der Waals surface area contributed by atoms with E-state index in [-0.39, 0.29) is 17.4 Å². The van der Waals surface area contributed by atoms with Crippen molar-refractivity contribution in [3.63, 3.8) is 0 Å². The Balaban J connectivity index is 2.33. The molecule has 94 valence electrons. The second-order valence-corrected chi connectivity index (χ2v) is 6.74. The van der Waals surface area contributed by atoms with Crippen LogP contribution in [0.1, 0.15) is 0 Å². The lowest BCUT2D eigenvalue weighted by Crippen LogP contribution is -2.31. The molecule has 1 saturated heterocycles. The number of sulfone groups is 1. The molecule has 1 heterocycles. The van der Waals surface area contributed by atoms with Gasteiger partial charge in [-0.15, -0.1) is 0 Å². The van der Waals surface area contributed by atoms with Gasteiger partial charge >= 0.3 is 0 Å². The van der Waals surface area contributed by atoms with E-state index in [1.807, 2.05) is 0 Å². The monoisotopic (exact) mass is 275 g/mol. The van der Waals surface area contributed by atoms with E-state index >= 15 is 0 Å². The zero-order valence-corrected chi connectivity index (χ0v) is 10.7. The van der Waals surface area contributed by atoms with Crippen LogP contribution in [-0.2, 0) is 9.84 Å². The average molecular weight is 276 g/mol. The zero-order valence-electron chi connectivity index (χ0n) is 9.14. The zero-order chi connectivity index (χ0) is 12.5. The van der Waals surface area contributed by atoms with Gasteiger partial charge in [0.05, 0.1) is 10.1 Å². The van der Waals surface area contributed by atoms with Crippen molar-refractivity contribution in [2.75, 3.05) is 19.7 Å². The fourth-order valence-electron chi connectivity index (χ4n) is 2.05. The van der Waals surface area contributed by atoms with E-state index in [0.29, 0.717) is 18.1 Å². The Morgan fingerprint density at radius 3 is 2.53 bits per heavy atom. The summed E-state index contributed by atoms with van der Waals surface area (Å²) in [5.41, 5.74) is 0. The van der Waals surface area contributed by atoms with Gasteiger partial charge in [-0.3, -0.25) is 0 Å². The molecule has 2 rings (SSSR count). The second kappa shape index (κ2) is 4.94. The molecule has 0 amide bonds. The fraction of sp³-hybridized carbons (Fsp3) is 0.455. The molecule has 0 saturated carbocycles. The number of nitrogens with one attached hydrogen (secondary N) is 1. The summed E-state index contributed by atoms with van der Waals surface area (Å²) in [5.74, 6) is -0.240. The van der Waals surface area contributed by atoms with E-state index in [9.17, 15) is 8.42 Å². The third kappa shape index (κ3) is 2.47. The van der Waals surface area contributed by atoms with E-state index in [2.05, 4.69) is 5.32 Å². The summed E-state index contributed by atoms with van der Waals surface area (Å²) in [6.45, 7) is 0.800. The Morgan fingerprint density at radius 2 is 1.94 bits per heavy atom. The maximum Gasteiger partial charge on any atom is 0.182 e. The van der Waals surface area contributed by atoms with E-state index < -0.39 is 15.1 Å². The molecule has 1 aromatic carbocycles. The van der Waals surface area contributed by atoms with Gasteiger partial charge in [-0.1, -0.05) is 11.6 Å². The highest BCUT2D eigenvalue weighted by atomic mass is 35.5. The summed E-state index contributed by atoms with van der Waals surface area (Å²) >= 11 is 5.73. The lowest BCUT2D eigenvalue weighted by Gasteiger charge is -2.16. The molecule has 6 heteroatoms. The third-order valence-corrected chi connectivity index (χ3v) is 5.58. The largest absolute Gasteiger partial charge is 0.396 e. The van der Waals surface area contributed by atoms with Crippen molar-refractivity contribution in [2.45, 2.75) is 10.1 Å². The molecular formula is C11H14ClNO3S. The van der Waals surface area contributed by atoms with Crippen LogP contribution >= 0.6 is 11.6 Å². The number of rotatable bonds is 3. The predicted molar refractivity (Wildman–Crippen MR) is 65.9 cm³/mol. The third-order valence-electron chi connectivity index (χ3n) is 3.05. The van der Waals surface area contributed by atoms with Crippen LogP contribution in [0.5, 0.6) is 0 Å². The Kier molecular flexibility index (Phi) is 3.73. The van der Waals surface area contributed by atoms with Crippen molar-refractivity contribution in [1.29, 1.82) is 0 Å². The van der Waals surface area contributed by atoms with Gasteiger partial charge in [0.1, 0.15) is 0 Å². The minimum Gasteiger partial charge on any atom is -0.396 e. The van der Waals surface area contributed by atoms with Crippen LogP contribution in [0.4, 0.5) is 0 Å². The van der Waals surface area contributed by atoms with E-state index in [0.717, 1.165) is 0 Å². The van der Waals surface area contributed by atoms with Gasteiger partial charge in [-0.25, -0.2) is 8.42 Å². The summed E-state index contributed by atoms with van der Waals surface area (Å²) in [6, 6.07) is 6.13. The van der Waals surface area contributed by atoms with Crippen LogP contribution in [0.15, 0.2) is 29.2 Å². The molecule has 4 nitrogen and oxygen atoms in total. The molecule has 17 heavy (non-hydrogen) atoms. The maximum atomic E-state index is 12.3. The van der Waals surface area contributed by atoms with Gasteiger partial charge < -0.3 is 10.4 Å². The highest BCUT2D eigenvalue weighted by Gasteiger charge is 2.37. The molecule has 0 unspecified atom stereocenters. The van der Waals surface area contributed by atoms with Gasteiger partial charge in [0.25, 0.3) is 0 Å². The summed E-state index contributed by atoms with van der Waals surface area (Å²) in [7, 11) is -3.40.